The minimum atomic E-state index is -4.49. The molecule has 25 heavy (non-hydrogen) atoms. The zero-order valence-corrected chi connectivity index (χ0v) is 14.1. The Labute approximate surface area is 144 Å². The summed E-state index contributed by atoms with van der Waals surface area (Å²) in [5.74, 6) is -0.793. The number of piperazine rings is 1. The van der Waals surface area contributed by atoms with Gasteiger partial charge in [0.25, 0.3) is 5.91 Å². The lowest BCUT2D eigenvalue weighted by atomic mass is 10.0. The number of Topliss-reactive ketones (excluding diaryl/α,β-unsaturated/α-hetero) is 1. The molecule has 0 aromatic heterocycles. The van der Waals surface area contributed by atoms with E-state index in [1.807, 2.05) is 4.90 Å². The van der Waals surface area contributed by atoms with Gasteiger partial charge in [0.2, 0.25) is 0 Å². The number of nitrogens with zero attached hydrogens (tertiary/aromatic N) is 2. The van der Waals surface area contributed by atoms with Gasteiger partial charge in [0.05, 0.1) is 5.56 Å². The number of amides is 1. The van der Waals surface area contributed by atoms with Crippen LogP contribution in [-0.2, 0) is 11.0 Å². The largest absolute Gasteiger partial charge is 0.416 e. The molecule has 1 N–H and O–H groups in total. The van der Waals surface area contributed by atoms with Crippen molar-refractivity contribution in [1.29, 1.82) is 0 Å². The molecule has 1 aliphatic rings. The number of ketones is 1. The van der Waals surface area contributed by atoms with Gasteiger partial charge in [-0.1, -0.05) is 6.07 Å². The summed E-state index contributed by atoms with van der Waals surface area (Å²) >= 11 is 0. The van der Waals surface area contributed by atoms with Gasteiger partial charge in [-0.2, -0.15) is 13.2 Å². The third kappa shape index (κ3) is 4.79. The van der Waals surface area contributed by atoms with Crippen molar-refractivity contribution in [2.45, 2.75) is 25.6 Å². The number of carbonyl (C=O) groups excluding carboxylic acids is 2. The number of aliphatic hydroxyl groups is 1. The number of rotatable bonds is 4. The van der Waals surface area contributed by atoms with Gasteiger partial charge >= 0.3 is 6.18 Å². The van der Waals surface area contributed by atoms with Gasteiger partial charge in [0, 0.05) is 38.3 Å². The van der Waals surface area contributed by atoms with Crippen molar-refractivity contribution in [3.05, 3.63) is 35.4 Å². The van der Waals surface area contributed by atoms with E-state index < -0.39 is 23.2 Å². The van der Waals surface area contributed by atoms with E-state index in [2.05, 4.69) is 0 Å². The van der Waals surface area contributed by atoms with Crippen LogP contribution in [0.15, 0.2) is 24.3 Å². The molecule has 1 aromatic rings. The van der Waals surface area contributed by atoms with E-state index in [0.717, 1.165) is 12.1 Å². The number of β-amino-alcohol motifs (C(OH)–C–C–N with tert-alkyl or cyclic N) is 1. The maximum absolute atomic E-state index is 12.8. The van der Waals surface area contributed by atoms with Crippen molar-refractivity contribution in [2.75, 3.05) is 32.7 Å². The predicted octanol–water partition coefficient (Wildman–Crippen LogP) is 1.80. The summed E-state index contributed by atoms with van der Waals surface area (Å²) in [6, 6.07) is 4.37. The summed E-state index contributed by atoms with van der Waals surface area (Å²) in [5.41, 5.74) is -2.30. The third-order valence-electron chi connectivity index (χ3n) is 4.39. The average molecular weight is 358 g/mol. The quantitative estimate of drug-likeness (QED) is 0.892. The smallest absolute Gasteiger partial charge is 0.381 e. The number of hydrogen-bond acceptors (Lipinski definition) is 4. The molecule has 138 valence electrons. The fourth-order valence-electron chi connectivity index (χ4n) is 2.67. The van der Waals surface area contributed by atoms with Crippen molar-refractivity contribution in [3.63, 3.8) is 0 Å². The molecule has 5 nitrogen and oxygen atoms in total. The van der Waals surface area contributed by atoms with Crippen molar-refractivity contribution in [2.24, 2.45) is 0 Å². The van der Waals surface area contributed by atoms with Gasteiger partial charge in [0.15, 0.2) is 5.78 Å². The Kier molecular flexibility index (Phi) is 5.53. The minimum Gasteiger partial charge on any atom is -0.381 e. The Bertz CT molecular complexity index is 651. The van der Waals surface area contributed by atoms with Gasteiger partial charge in [0.1, 0.15) is 5.60 Å². The molecule has 1 aromatic carbocycles. The molecule has 8 heteroatoms. The molecule has 2 rings (SSSR count). The van der Waals surface area contributed by atoms with Gasteiger partial charge in [-0.05, 0) is 32.0 Å². The van der Waals surface area contributed by atoms with E-state index in [1.54, 1.807) is 0 Å². The van der Waals surface area contributed by atoms with Crippen LogP contribution in [0.2, 0.25) is 0 Å². The van der Waals surface area contributed by atoms with Gasteiger partial charge in [-0.3, -0.25) is 14.5 Å². The lowest BCUT2D eigenvalue weighted by Gasteiger charge is -2.37. The summed E-state index contributed by atoms with van der Waals surface area (Å²) in [6.45, 7) is 4.44. The molecule has 1 fully saturated rings. The van der Waals surface area contributed by atoms with Crippen LogP contribution in [0.3, 0.4) is 0 Å². The van der Waals surface area contributed by atoms with Crippen LogP contribution in [0.5, 0.6) is 0 Å². The van der Waals surface area contributed by atoms with Crippen LogP contribution in [0.1, 0.15) is 29.8 Å². The molecule has 0 saturated carbocycles. The zero-order chi connectivity index (χ0) is 18.8. The van der Waals surface area contributed by atoms with Crippen LogP contribution < -0.4 is 0 Å². The summed E-state index contributed by atoms with van der Waals surface area (Å²) < 4.78 is 38.3. The second-order valence-electron chi connectivity index (χ2n) is 6.48. The average Bonchev–Trinajstić information content (AvgIpc) is 2.54. The summed E-state index contributed by atoms with van der Waals surface area (Å²) in [7, 11) is 0. The van der Waals surface area contributed by atoms with Crippen LogP contribution in [0.4, 0.5) is 13.2 Å². The molecule has 1 atom stereocenters. The highest BCUT2D eigenvalue weighted by molar-refractivity contribution is 5.94. The Hall–Kier alpha value is -1.93. The van der Waals surface area contributed by atoms with E-state index in [4.69, 9.17) is 0 Å². The Morgan fingerprint density at radius 2 is 1.76 bits per heavy atom. The van der Waals surface area contributed by atoms with E-state index in [-0.39, 0.29) is 17.9 Å². The Morgan fingerprint density at radius 1 is 1.16 bits per heavy atom. The van der Waals surface area contributed by atoms with Crippen LogP contribution in [0.25, 0.3) is 0 Å². The highest BCUT2D eigenvalue weighted by Gasteiger charge is 2.33. The Morgan fingerprint density at radius 3 is 2.28 bits per heavy atom. The number of alkyl halides is 3. The molecule has 1 amide bonds. The second kappa shape index (κ2) is 7.13. The molecule has 1 unspecified atom stereocenters. The number of benzene rings is 1. The van der Waals surface area contributed by atoms with Gasteiger partial charge in [-0.25, -0.2) is 0 Å². The summed E-state index contributed by atoms with van der Waals surface area (Å²) in [5, 5.41) is 10.0. The first-order valence-electron chi connectivity index (χ1n) is 7.93. The standard InChI is InChI=1S/C17H21F3N2O3/c1-12(23)16(2,25)11-21-6-8-22(9-7-21)15(24)13-4-3-5-14(10-13)17(18,19)20/h3-5,10,25H,6-9,11H2,1-2H3. The van der Waals surface area contributed by atoms with Gasteiger partial charge < -0.3 is 10.0 Å². The second-order valence-corrected chi connectivity index (χ2v) is 6.48. The Balaban J connectivity index is 1.99. The maximum Gasteiger partial charge on any atom is 0.416 e. The number of hydrogen-bond donors (Lipinski definition) is 1. The fourth-order valence-corrected chi connectivity index (χ4v) is 2.67. The highest BCUT2D eigenvalue weighted by atomic mass is 19.4. The van der Waals surface area contributed by atoms with E-state index in [0.29, 0.717) is 26.2 Å². The summed E-state index contributed by atoms with van der Waals surface area (Å²) in [6.07, 6.45) is -4.49. The molecular formula is C17H21F3N2O3. The number of carbonyl (C=O) groups is 2. The lowest BCUT2D eigenvalue weighted by Crippen LogP contribution is -2.54. The van der Waals surface area contributed by atoms with Crippen LogP contribution >= 0.6 is 0 Å². The molecule has 1 saturated heterocycles. The first-order valence-corrected chi connectivity index (χ1v) is 7.93. The molecule has 1 aliphatic heterocycles. The maximum atomic E-state index is 12.8. The molecule has 0 bridgehead atoms. The van der Waals surface area contributed by atoms with E-state index >= 15 is 0 Å². The lowest BCUT2D eigenvalue weighted by molar-refractivity contribution is -0.137. The van der Waals surface area contributed by atoms with Crippen LogP contribution in [0, 0.1) is 0 Å². The minimum absolute atomic E-state index is 0.000919. The monoisotopic (exact) mass is 358 g/mol. The van der Waals surface area contributed by atoms with Crippen molar-refractivity contribution < 1.29 is 27.9 Å². The normalized spacial score (nSPS) is 18.7. The fraction of sp³-hybridized carbons (Fsp3) is 0.529. The predicted molar refractivity (Wildman–Crippen MR) is 85.1 cm³/mol. The van der Waals surface area contributed by atoms with Crippen molar-refractivity contribution in [3.8, 4) is 0 Å². The topological polar surface area (TPSA) is 60.9 Å². The molecule has 0 aliphatic carbocycles. The SMILES string of the molecule is CC(=O)C(C)(O)CN1CCN(C(=O)c2cccc(C(F)(F)F)c2)CC1. The first kappa shape index (κ1) is 19.4. The highest BCUT2D eigenvalue weighted by Crippen LogP contribution is 2.29. The van der Waals surface area contributed by atoms with Gasteiger partial charge in [-0.15, -0.1) is 0 Å². The number of halogens is 3. The van der Waals surface area contributed by atoms with E-state index in [1.165, 1.54) is 30.9 Å². The van der Waals surface area contributed by atoms with Crippen molar-refractivity contribution >= 4 is 11.7 Å². The van der Waals surface area contributed by atoms with Crippen LogP contribution in [-0.4, -0.2) is 64.9 Å². The molecule has 0 radical (unpaired) electrons. The zero-order valence-electron chi connectivity index (χ0n) is 14.1. The third-order valence-corrected chi connectivity index (χ3v) is 4.39. The molecular weight excluding hydrogens is 337 g/mol. The first-order chi connectivity index (χ1) is 11.5. The van der Waals surface area contributed by atoms with E-state index in [9.17, 15) is 27.9 Å². The molecule has 0 spiro atoms. The van der Waals surface area contributed by atoms with Crippen molar-refractivity contribution in [1.82, 2.24) is 9.80 Å². The molecule has 1 heterocycles. The summed E-state index contributed by atoms with van der Waals surface area (Å²) in [4.78, 5) is 27.1.